The summed E-state index contributed by atoms with van der Waals surface area (Å²) in [5.41, 5.74) is 0. The zero-order valence-electron chi connectivity index (χ0n) is 25.3. The molecule has 0 saturated heterocycles. The van der Waals surface area contributed by atoms with Gasteiger partial charge in [0.15, 0.2) is 0 Å². The van der Waals surface area contributed by atoms with Gasteiger partial charge in [-0.3, -0.25) is 0 Å². The lowest BCUT2D eigenvalue weighted by Crippen LogP contribution is -2.03. The summed E-state index contributed by atoms with van der Waals surface area (Å²) in [5.74, 6) is 2.68. The van der Waals surface area contributed by atoms with Gasteiger partial charge >= 0.3 is 0 Å². The minimum absolute atomic E-state index is 0.612. The maximum atomic E-state index is 5.32. The molecule has 220 valence electrons. The average Bonchev–Trinajstić information content (AvgIpc) is 2.97. The molecule has 0 aromatic heterocycles. The summed E-state index contributed by atoms with van der Waals surface area (Å²) in [6.07, 6.45) is 2.50. The number of ether oxygens (including phenoxy) is 6. The van der Waals surface area contributed by atoms with Crippen molar-refractivity contribution in [3.63, 3.8) is 0 Å². The van der Waals surface area contributed by atoms with E-state index in [1.54, 1.807) is 21.3 Å². The van der Waals surface area contributed by atoms with Gasteiger partial charge in [0, 0.05) is 21.3 Å². The maximum absolute atomic E-state index is 5.32. The predicted molar refractivity (Wildman–Crippen MR) is 163 cm³/mol. The Bertz CT molecular complexity index is 690. The number of para-hydroxylation sites is 3. The van der Waals surface area contributed by atoms with E-state index in [0.717, 1.165) is 17.2 Å². The Morgan fingerprint density at radius 1 is 0.359 bits per heavy atom. The standard InChI is InChI=1S/3C9H12O2.2C3H8/c3*1-10-7-8-11-9-5-3-2-4-6-9;2*1-3-2/h3*2-6H,7-8H2,1H3;2*3H2,1-2H3. The van der Waals surface area contributed by atoms with Crippen molar-refractivity contribution in [1.82, 2.24) is 0 Å². The highest BCUT2D eigenvalue weighted by molar-refractivity contribution is 5.22. The molecule has 39 heavy (non-hydrogen) atoms. The van der Waals surface area contributed by atoms with E-state index in [4.69, 9.17) is 28.4 Å². The predicted octanol–water partition coefficient (Wildman–Crippen LogP) is 7.97. The number of methoxy groups -OCH3 is 3. The molecule has 3 rings (SSSR count). The fourth-order valence-corrected chi connectivity index (χ4v) is 2.28. The highest BCUT2D eigenvalue weighted by Crippen LogP contribution is 2.08. The normalized spacial score (nSPS) is 9.00. The van der Waals surface area contributed by atoms with Crippen LogP contribution >= 0.6 is 0 Å². The van der Waals surface area contributed by atoms with Crippen LogP contribution in [-0.2, 0) is 14.2 Å². The first-order valence-corrected chi connectivity index (χ1v) is 13.6. The van der Waals surface area contributed by atoms with E-state index in [9.17, 15) is 0 Å². The van der Waals surface area contributed by atoms with Crippen LogP contribution in [0, 0.1) is 0 Å². The Hall–Kier alpha value is -3.06. The molecular weight excluding hydrogens is 492 g/mol. The van der Waals surface area contributed by atoms with Crippen molar-refractivity contribution in [3.05, 3.63) is 91.0 Å². The number of hydrogen-bond acceptors (Lipinski definition) is 6. The van der Waals surface area contributed by atoms with Crippen molar-refractivity contribution in [1.29, 1.82) is 0 Å². The quantitative estimate of drug-likeness (QED) is 0.216. The molecule has 0 amide bonds. The number of hydrogen-bond donors (Lipinski definition) is 0. The first-order valence-electron chi connectivity index (χ1n) is 13.6. The smallest absolute Gasteiger partial charge is 0.119 e. The van der Waals surface area contributed by atoms with Crippen molar-refractivity contribution < 1.29 is 28.4 Å². The number of rotatable bonds is 12. The van der Waals surface area contributed by atoms with Crippen LogP contribution in [0.4, 0.5) is 0 Å². The van der Waals surface area contributed by atoms with Crippen LogP contribution in [0.15, 0.2) is 91.0 Å². The third-order valence-electron chi connectivity index (χ3n) is 3.90. The van der Waals surface area contributed by atoms with Crippen molar-refractivity contribution in [3.8, 4) is 17.2 Å². The lowest BCUT2D eigenvalue weighted by atomic mass is 10.3. The minimum Gasteiger partial charge on any atom is -0.491 e. The molecule has 3 aromatic rings. The Morgan fingerprint density at radius 2 is 0.564 bits per heavy atom. The van der Waals surface area contributed by atoms with Crippen LogP contribution in [0.2, 0.25) is 0 Å². The number of benzene rings is 3. The molecule has 0 heterocycles. The van der Waals surface area contributed by atoms with Gasteiger partial charge in [-0.1, -0.05) is 95.1 Å². The molecule has 0 unspecified atom stereocenters. The molecule has 0 spiro atoms. The molecule has 0 aliphatic rings. The van der Waals surface area contributed by atoms with Crippen LogP contribution in [0.25, 0.3) is 0 Å². The molecule has 6 nitrogen and oxygen atoms in total. The van der Waals surface area contributed by atoms with Gasteiger partial charge in [-0.2, -0.15) is 0 Å². The zero-order chi connectivity index (χ0) is 29.2. The van der Waals surface area contributed by atoms with Crippen LogP contribution in [0.5, 0.6) is 17.2 Å². The van der Waals surface area contributed by atoms with E-state index < -0.39 is 0 Å². The molecular formula is C33H52O6. The van der Waals surface area contributed by atoms with E-state index in [0.29, 0.717) is 39.6 Å². The SMILES string of the molecule is CCC.CCC.COCCOc1ccccc1.COCCOc1ccccc1.COCCOc1ccccc1. The first-order chi connectivity index (χ1) is 19.1. The fraction of sp³-hybridized carbons (Fsp3) is 0.455. The third kappa shape index (κ3) is 29.4. The molecule has 0 saturated carbocycles. The van der Waals surface area contributed by atoms with Gasteiger partial charge in [0.25, 0.3) is 0 Å². The van der Waals surface area contributed by atoms with Crippen LogP contribution in [0.1, 0.15) is 40.5 Å². The Balaban J connectivity index is 0. The second-order valence-electron chi connectivity index (χ2n) is 7.88. The Morgan fingerprint density at radius 3 is 0.744 bits per heavy atom. The van der Waals surface area contributed by atoms with E-state index in [2.05, 4.69) is 27.7 Å². The molecule has 0 N–H and O–H groups in total. The van der Waals surface area contributed by atoms with Crippen LogP contribution in [-0.4, -0.2) is 61.0 Å². The summed E-state index contributed by atoms with van der Waals surface area (Å²) < 4.78 is 30.5. The third-order valence-corrected chi connectivity index (χ3v) is 3.90. The van der Waals surface area contributed by atoms with Gasteiger partial charge in [0.2, 0.25) is 0 Å². The monoisotopic (exact) mass is 544 g/mol. The van der Waals surface area contributed by atoms with Crippen molar-refractivity contribution in [2.75, 3.05) is 61.0 Å². The topological polar surface area (TPSA) is 55.4 Å². The van der Waals surface area contributed by atoms with Gasteiger partial charge in [-0.25, -0.2) is 0 Å². The lowest BCUT2D eigenvalue weighted by molar-refractivity contribution is 0.146. The zero-order valence-corrected chi connectivity index (χ0v) is 25.3. The Labute approximate surface area is 238 Å². The molecule has 0 radical (unpaired) electrons. The van der Waals surface area contributed by atoms with E-state index in [-0.39, 0.29) is 0 Å². The second kappa shape index (κ2) is 33.0. The fourth-order valence-electron chi connectivity index (χ4n) is 2.28. The van der Waals surface area contributed by atoms with Crippen molar-refractivity contribution in [2.45, 2.75) is 40.5 Å². The molecule has 6 heteroatoms. The van der Waals surface area contributed by atoms with Gasteiger partial charge in [0.05, 0.1) is 19.8 Å². The first kappa shape index (κ1) is 38.1. The highest BCUT2D eigenvalue weighted by Gasteiger charge is 1.90. The van der Waals surface area contributed by atoms with Crippen molar-refractivity contribution in [2.24, 2.45) is 0 Å². The summed E-state index contributed by atoms with van der Waals surface area (Å²) in [7, 11) is 4.98. The summed E-state index contributed by atoms with van der Waals surface area (Å²) in [4.78, 5) is 0. The van der Waals surface area contributed by atoms with Gasteiger partial charge in [-0.15, -0.1) is 0 Å². The summed E-state index contributed by atoms with van der Waals surface area (Å²) >= 11 is 0. The lowest BCUT2D eigenvalue weighted by Gasteiger charge is -2.03. The second-order valence-corrected chi connectivity index (χ2v) is 7.88. The molecule has 0 fully saturated rings. The van der Waals surface area contributed by atoms with Crippen molar-refractivity contribution >= 4 is 0 Å². The summed E-state index contributed by atoms with van der Waals surface area (Å²) in [5, 5.41) is 0. The van der Waals surface area contributed by atoms with Crippen LogP contribution < -0.4 is 14.2 Å². The van der Waals surface area contributed by atoms with Crippen LogP contribution in [0.3, 0.4) is 0 Å². The van der Waals surface area contributed by atoms with E-state index in [1.807, 2.05) is 91.0 Å². The Kier molecular flexibility index (Phi) is 32.2. The molecule has 3 aromatic carbocycles. The molecule has 0 aliphatic carbocycles. The molecule has 0 aliphatic heterocycles. The average molecular weight is 545 g/mol. The van der Waals surface area contributed by atoms with Gasteiger partial charge in [-0.05, 0) is 36.4 Å². The summed E-state index contributed by atoms with van der Waals surface area (Å²) in [6, 6.07) is 29.1. The largest absolute Gasteiger partial charge is 0.491 e. The van der Waals surface area contributed by atoms with E-state index >= 15 is 0 Å². The molecule has 0 bridgehead atoms. The minimum atomic E-state index is 0.612. The molecule has 0 atom stereocenters. The van der Waals surface area contributed by atoms with Gasteiger partial charge < -0.3 is 28.4 Å². The maximum Gasteiger partial charge on any atom is 0.119 e. The van der Waals surface area contributed by atoms with Gasteiger partial charge in [0.1, 0.15) is 37.1 Å². The van der Waals surface area contributed by atoms with E-state index in [1.165, 1.54) is 12.8 Å². The summed E-state index contributed by atoms with van der Waals surface area (Å²) in [6.45, 7) is 12.2. The highest BCUT2D eigenvalue weighted by atomic mass is 16.5.